The number of aryl methyl sites for hydroxylation is 1. The van der Waals surface area contributed by atoms with Gasteiger partial charge in [-0.2, -0.15) is 0 Å². The first-order valence-electron chi connectivity index (χ1n) is 8.53. The molecule has 0 aliphatic rings. The van der Waals surface area contributed by atoms with Gasteiger partial charge < -0.3 is 10.1 Å². The third-order valence-electron chi connectivity index (χ3n) is 3.88. The number of hydrogen-bond donors (Lipinski definition) is 1. The number of carbonyl (C=O) groups is 2. The summed E-state index contributed by atoms with van der Waals surface area (Å²) in [6, 6.07) is 11.8. The molecule has 1 aromatic heterocycles. The number of rotatable bonds is 6. The molecule has 0 spiro atoms. The van der Waals surface area contributed by atoms with E-state index in [2.05, 4.69) is 15.3 Å². The van der Waals surface area contributed by atoms with Crippen LogP contribution in [0.1, 0.15) is 12.5 Å². The number of amides is 1. The van der Waals surface area contributed by atoms with Gasteiger partial charge in [0.15, 0.2) is 6.10 Å². The van der Waals surface area contributed by atoms with Crippen molar-refractivity contribution in [1.82, 2.24) is 9.97 Å². The quantitative estimate of drug-likeness (QED) is 0.502. The number of benzene rings is 2. The Kier molecular flexibility index (Phi) is 6.20. The lowest BCUT2D eigenvalue weighted by Gasteiger charge is -2.13. The van der Waals surface area contributed by atoms with Gasteiger partial charge >= 0.3 is 5.97 Å². The van der Waals surface area contributed by atoms with Crippen molar-refractivity contribution < 1.29 is 18.7 Å². The van der Waals surface area contributed by atoms with Gasteiger partial charge in [-0.05, 0) is 43.7 Å². The molecule has 0 radical (unpaired) electrons. The molecule has 1 heterocycles. The molecule has 8 heteroatoms. The fraction of sp³-hybridized carbons (Fsp3) is 0.200. The molecule has 0 saturated heterocycles. The van der Waals surface area contributed by atoms with Crippen molar-refractivity contribution in [2.24, 2.45) is 0 Å². The summed E-state index contributed by atoms with van der Waals surface area (Å²) in [5.74, 6) is -1.52. The van der Waals surface area contributed by atoms with Gasteiger partial charge in [0.1, 0.15) is 10.8 Å². The standard InChI is InChI=1S/C20H18FN3O3S/c1-12-7-8-14(9-15(12)21)23-20(26)13(2)27-19(25)11-28-18-10-22-16-5-3-4-6-17(16)24-18/h3-10,13H,11H2,1-2H3,(H,23,26). The number of nitrogens with zero attached hydrogens (tertiary/aromatic N) is 2. The number of hydrogen-bond acceptors (Lipinski definition) is 6. The van der Waals surface area contributed by atoms with Crippen molar-refractivity contribution in [3.8, 4) is 0 Å². The Bertz CT molecular complexity index is 1030. The number of para-hydroxylation sites is 2. The Balaban J connectivity index is 1.51. The van der Waals surface area contributed by atoms with E-state index in [1.54, 1.807) is 25.3 Å². The topological polar surface area (TPSA) is 81.2 Å². The molecule has 2 aromatic carbocycles. The van der Waals surface area contributed by atoms with Crippen molar-refractivity contribution in [2.45, 2.75) is 25.0 Å². The molecular weight excluding hydrogens is 381 g/mol. The molecule has 1 atom stereocenters. The van der Waals surface area contributed by atoms with Gasteiger partial charge in [-0.3, -0.25) is 14.6 Å². The Morgan fingerprint density at radius 2 is 1.96 bits per heavy atom. The molecule has 0 saturated carbocycles. The molecule has 3 aromatic rings. The Labute approximate surface area is 165 Å². The summed E-state index contributed by atoms with van der Waals surface area (Å²) in [5.41, 5.74) is 2.29. The molecule has 0 aliphatic carbocycles. The highest BCUT2D eigenvalue weighted by atomic mass is 32.2. The number of carbonyl (C=O) groups excluding carboxylic acids is 2. The monoisotopic (exact) mass is 399 g/mol. The van der Waals surface area contributed by atoms with Gasteiger partial charge in [0, 0.05) is 5.69 Å². The number of nitrogens with one attached hydrogen (secondary N) is 1. The zero-order valence-electron chi connectivity index (χ0n) is 15.3. The highest BCUT2D eigenvalue weighted by Gasteiger charge is 2.18. The van der Waals surface area contributed by atoms with Crippen LogP contribution in [0.25, 0.3) is 11.0 Å². The second-order valence-electron chi connectivity index (χ2n) is 6.07. The lowest BCUT2D eigenvalue weighted by molar-refractivity contribution is -0.150. The summed E-state index contributed by atoms with van der Waals surface area (Å²) in [7, 11) is 0. The van der Waals surface area contributed by atoms with Gasteiger partial charge in [-0.1, -0.05) is 30.0 Å². The van der Waals surface area contributed by atoms with Crippen LogP contribution in [0.4, 0.5) is 10.1 Å². The molecule has 0 bridgehead atoms. The summed E-state index contributed by atoms with van der Waals surface area (Å²) in [6.45, 7) is 3.08. The normalized spacial score (nSPS) is 11.8. The predicted octanol–water partition coefficient (Wildman–Crippen LogP) is 3.74. The number of anilines is 1. The fourth-order valence-electron chi connectivity index (χ4n) is 2.34. The second-order valence-corrected chi connectivity index (χ2v) is 7.07. The number of fused-ring (bicyclic) bond motifs is 1. The van der Waals surface area contributed by atoms with Crippen molar-refractivity contribution >= 4 is 40.4 Å². The third-order valence-corrected chi connectivity index (χ3v) is 4.75. The highest BCUT2D eigenvalue weighted by molar-refractivity contribution is 7.99. The molecule has 1 unspecified atom stereocenters. The summed E-state index contributed by atoms with van der Waals surface area (Å²) in [6.07, 6.45) is 0.572. The van der Waals surface area contributed by atoms with Crippen LogP contribution in [-0.2, 0) is 14.3 Å². The molecule has 1 N–H and O–H groups in total. The summed E-state index contributed by atoms with van der Waals surface area (Å²) < 4.78 is 18.7. The Morgan fingerprint density at radius 3 is 2.71 bits per heavy atom. The van der Waals surface area contributed by atoms with E-state index in [9.17, 15) is 14.0 Å². The molecular formula is C20H18FN3O3S. The van der Waals surface area contributed by atoms with Crippen molar-refractivity contribution in [2.75, 3.05) is 11.1 Å². The summed E-state index contributed by atoms with van der Waals surface area (Å²) in [5, 5.41) is 3.11. The zero-order chi connectivity index (χ0) is 20.1. The zero-order valence-corrected chi connectivity index (χ0v) is 16.1. The van der Waals surface area contributed by atoms with E-state index in [0.29, 0.717) is 16.3 Å². The molecule has 28 heavy (non-hydrogen) atoms. The van der Waals surface area contributed by atoms with E-state index >= 15 is 0 Å². The fourth-order valence-corrected chi connectivity index (χ4v) is 2.97. The van der Waals surface area contributed by atoms with Crippen molar-refractivity contribution in [3.63, 3.8) is 0 Å². The maximum absolute atomic E-state index is 13.5. The first-order valence-corrected chi connectivity index (χ1v) is 9.52. The van der Waals surface area contributed by atoms with E-state index in [-0.39, 0.29) is 5.75 Å². The Hall–Kier alpha value is -3.00. The molecule has 1 amide bonds. The van der Waals surface area contributed by atoms with Gasteiger partial charge in [-0.15, -0.1) is 0 Å². The minimum absolute atomic E-state index is 0.0101. The lowest BCUT2D eigenvalue weighted by atomic mass is 10.2. The predicted molar refractivity (Wildman–Crippen MR) is 106 cm³/mol. The average molecular weight is 399 g/mol. The number of thioether (sulfide) groups is 1. The number of ether oxygens (including phenoxy) is 1. The average Bonchev–Trinajstić information content (AvgIpc) is 2.69. The van der Waals surface area contributed by atoms with Crippen molar-refractivity contribution in [3.05, 3.63) is 60.0 Å². The first kappa shape index (κ1) is 19.8. The number of esters is 1. The van der Waals surface area contributed by atoms with Gasteiger partial charge in [0.25, 0.3) is 5.91 Å². The van der Waals surface area contributed by atoms with Gasteiger partial charge in [0.2, 0.25) is 0 Å². The summed E-state index contributed by atoms with van der Waals surface area (Å²) in [4.78, 5) is 32.8. The van der Waals surface area contributed by atoms with Crippen molar-refractivity contribution in [1.29, 1.82) is 0 Å². The minimum atomic E-state index is -1.01. The Morgan fingerprint density at radius 1 is 1.21 bits per heavy atom. The molecule has 0 aliphatic heterocycles. The van der Waals surface area contributed by atoms with E-state index in [1.165, 1.54) is 24.8 Å². The van der Waals surface area contributed by atoms with E-state index < -0.39 is 23.8 Å². The second kappa shape index (κ2) is 8.79. The van der Waals surface area contributed by atoms with E-state index in [4.69, 9.17) is 4.74 Å². The van der Waals surface area contributed by atoms with Crippen LogP contribution < -0.4 is 5.32 Å². The first-order chi connectivity index (χ1) is 13.4. The van der Waals surface area contributed by atoms with Crippen LogP contribution in [0.15, 0.2) is 53.7 Å². The van der Waals surface area contributed by atoms with Crippen LogP contribution >= 0.6 is 11.8 Å². The van der Waals surface area contributed by atoms with Crippen LogP contribution in [0, 0.1) is 12.7 Å². The molecule has 144 valence electrons. The van der Waals surface area contributed by atoms with Crippen LogP contribution in [0.3, 0.4) is 0 Å². The lowest BCUT2D eigenvalue weighted by Crippen LogP contribution is -2.30. The van der Waals surface area contributed by atoms with E-state index in [1.807, 2.05) is 24.3 Å². The third kappa shape index (κ3) is 5.04. The molecule has 0 fully saturated rings. The van der Waals surface area contributed by atoms with Gasteiger partial charge in [-0.25, -0.2) is 9.37 Å². The van der Waals surface area contributed by atoms with E-state index in [0.717, 1.165) is 11.0 Å². The SMILES string of the molecule is Cc1ccc(NC(=O)C(C)OC(=O)CSc2cnc3ccccc3n2)cc1F. The molecule has 6 nitrogen and oxygen atoms in total. The maximum atomic E-state index is 13.5. The summed E-state index contributed by atoms with van der Waals surface area (Å²) >= 11 is 1.18. The number of aromatic nitrogens is 2. The maximum Gasteiger partial charge on any atom is 0.317 e. The highest BCUT2D eigenvalue weighted by Crippen LogP contribution is 2.18. The van der Waals surface area contributed by atoms with Crippen LogP contribution in [0.2, 0.25) is 0 Å². The molecule has 3 rings (SSSR count). The van der Waals surface area contributed by atoms with Gasteiger partial charge in [0.05, 0.1) is 23.0 Å². The minimum Gasteiger partial charge on any atom is -0.452 e. The number of halogens is 1. The van der Waals surface area contributed by atoms with Crippen LogP contribution in [-0.4, -0.2) is 33.7 Å². The smallest absolute Gasteiger partial charge is 0.317 e. The van der Waals surface area contributed by atoms with Crippen LogP contribution in [0.5, 0.6) is 0 Å². The largest absolute Gasteiger partial charge is 0.452 e.